The average Bonchev–Trinajstić information content (AvgIpc) is 2.37. The molecule has 11 heteroatoms. The highest BCUT2D eigenvalue weighted by Crippen LogP contribution is 2.21. The molecule has 20 heavy (non-hydrogen) atoms. The van der Waals surface area contributed by atoms with Gasteiger partial charge < -0.3 is 5.73 Å². The van der Waals surface area contributed by atoms with Crippen LogP contribution < -0.4 is 10.5 Å². The van der Waals surface area contributed by atoms with Crippen LogP contribution in [0.5, 0.6) is 0 Å². The first-order valence-corrected chi connectivity index (χ1v) is 6.59. The van der Waals surface area contributed by atoms with E-state index in [1.807, 2.05) is 0 Å². The quantitative estimate of drug-likeness (QED) is 0.589. The van der Waals surface area contributed by atoms with Crippen LogP contribution >= 0.6 is 0 Å². The van der Waals surface area contributed by atoms with Gasteiger partial charge in [-0.1, -0.05) is 0 Å². The van der Waals surface area contributed by atoms with Crippen LogP contribution in [0.2, 0.25) is 0 Å². The molecule has 0 radical (unpaired) electrons. The molecule has 0 aliphatic rings. The largest absolute Gasteiger partial charge is 0.325 e. The number of hydrogen-bond donors (Lipinski definition) is 2. The van der Waals surface area contributed by atoms with Crippen molar-refractivity contribution in [2.24, 2.45) is 5.73 Å². The molecule has 112 valence electrons. The van der Waals surface area contributed by atoms with Crippen LogP contribution in [0.4, 0.5) is 18.9 Å². The van der Waals surface area contributed by atoms with E-state index in [4.69, 9.17) is 5.73 Å². The Morgan fingerprint density at radius 3 is 2.50 bits per heavy atom. The molecule has 1 aromatic rings. The maximum atomic E-state index is 13.4. The summed E-state index contributed by atoms with van der Waals surface area (Å²) in [5, 5.41) is 10.5. The number of nitrogens with one attached hydrogen (secondary N) is 1. The summed E-state index contributed by atoms with van der Waals surface area (Å²) in [6.07, 6.45) is 0. The molecule has 0 bridgehead atoms. The van der Waals surface area contributed by atoms with Gasteiger partial charge in [0.1, 0.15) is 10.7 Å². The fourth-order valence-corrected chi connectivity index (χ4v) is 2.32. The Kier molecular flexibility index (Phi) is 4.68. The molecule has 1 aromatic carbocycles. The molecule has 0 heterocycles. The summed E-state index contributed by atoms with van der Waals surface area (Å²) >= 11 is 0. The van der Waals surface area contributed by atoms with Crippen LogP contribution in [0.3, 0.4) is 0 Å². The van der Waals surface area contributed by atoms with E-state index < -0.39 is 50.4 Å². The zero-order chi connectivity index (χ0) is 15.6. The van der Waals surface area contributed by atoms with Gasteiger partial charge in [0.05, 0.1) is 18.0 Å². The Labute approximate surface area is 111 Å². The summed E-state index contributed by atoms with van der Waals surface area (Å²) in [5.74, 6) is -4.80. The van der Waals surface area contributed by atoms with Crippen molar-refractivity contribution in [3.63, 3.8) is 0 Å². The molecule has 0 spiro atoms. The molecular formula is C9H10F3N3O4S. The van der Waals surface area contributed by atoms with Crippen molar-refractivity contribution in [2.75, 3.05) is 13.1 Å². The third-order valence-corrected chi connectivity index (χ3v) is 3.65. The number of sulfonamides is 1. The number of nitrogens with two attached hydrogens (primary N) is 1. The molecular weight excluding hydrogens is 303 g/mol. The summed E-state index contributed by atoms with van der Waals surface area (Å²) in [5.41, 5.74) is 4.04. The lowest BCUT2D eigenvalue weighted by atomic mass is 10.3. The Bertz CT molecular complexity index is 621. The van der Waals surface area contributed by atoms with Crippen LogP contribution in [0.25, 0.3) is 0 Å². The van der Waals surface area contributed by atoms with Crippen molar-refractivity contribution in [1.29, 1.82) is 0 Å². The van der Waals surface area contributed by atoms with Crippen LogP contribution in [0.1, 0.15) is 0 Å². The lowest BCUT2D eigenvalue weighted by Gasteiger charge is -2.14. The van der Waals surface area contributed by atoms with E-state index in [0.29, 0.717) is 12.1 Å². The van der Waals surface area contributed by atoms with Gasteiger partial charge in [0.15, 0.2) is 0 Å². The monoisotopic (exact) mass is 313 g/mol. The minimum absolute atomic E-state index is 0.443. The normalized spacial score (nSPS) is 12.4. The number of non-ortho nitro benzene ring substituents is 1. The van der Waals surface area contributed by atoms with Crippen LogP contribution in [0, 0.1) is 15.9 Å². The van der Waals surface area contributed by atoms with Crippen molar-refractivity contribution in [1.82, 2.24) is 4.72 Å². The molecule has 0 amide bonds. The van der Waals surface area contributed by atoms with E-state index in [9.17, 15) is 31.7 Å². The second-order valence-electron chi connectivity index (χ2n) is 3.76. The van der Waals surface area contributed by atoms with E-state index >= 15 is 0 Å². The van der Waals surface area contributed by atoms with Gasteiger partial charge in [0.2, 0.25) is 10.0 Å². The van der Waals surface area contributed by atoms with Gasteiger partial charge in [-0.15, -0.1) is 0 Å². The van der Waals surface area contributed by atoms with Crippen LogP contribution in [-0.4, -0.2) is 32.4 Å². The third kappa shape index (κ3) is 3.88. The summed E-state index contributed by atoms with van der Waals surface area (Å²) in [6, 6.07) is 1.76. The van der Waals surface area contributed by atoms with Gasteiger partial charge in [0, 0.05) is 12.1 Å². The zero-order valence-corrected chi connectivity index (χ0v) is 10.7. The lowest BCUT2D eigenvalue weighted by molar-refractivity contribution is -0.385. The summed E-state index contributed by atoms with van der Waals surface area (Å²) in [4.78, 5) is 8.46. The van der Waals surface area contributed by atoms with Gasteiger partial charge in [-0.3, -0.25) is 10.1 Å². The molecule has 0 aliphatic heterocycles. The molecule has 0 aliphatic carbocycles. The highest BCUT2D eigenvalue weighted by molar-refractivity contribution is 7.89. The summed E-state index contributed by atoms with van der Waals surface area (Å²) < 4.78 is 63.8. The molecule has 0 saturated heterocycles. The van der Waals surface area contributed by atoms with E-state index in [0.717, 1.165) is 6.07 Å². The number of halogens is 3. The lowest BCUT2D eigenvalue weighted by Crippen LogP contribution is -2.41. The highest BCUT2D eigenvalue weighted by Gasteiger charge is 2.31. The number of nitrogens with zero attached hydrogens (tertiary/aromatic N) is 1. The SMILES string of the molecule is NCC(F)(F)CNS(=O)(=O)c1cc([N+](=O)[O-])ccc1F. The first-order chi connectivity index (χ1) is 9.09. The van der Waals surface area contributed by atoms with Crippen molar-refractivity contribution >= 4 is 15.7 Å². The predicted molar refractivity (Wildman–Crippen MR) is 62.2 cm³/mol. The highest BCUT2D eigenvalue weighted by atomic mass is 32.2. The smallest absolute Gasteiger partial charge is 0.273 e. The van der Waals surface area contributed by atoms with Gasteiger partial charge in [-0.05, 0) is 6.07 Å². The number of hydrogen-bond acceptors (Lipinski definition) is 5. The Hall–Kier alpha value is -1.72. The van der Waals surface area contributed by atoms with Crippen molar-refractivity contribution < 1.29 is 26.5 Å². The second-order valence-corrected chi connectivity index (χ2v) is 5.49. The maximum Gasteiger partial charge on any atom is 0.273 e. The number of nitro benzene ring substituents is 1. The number of rotatable bonds is 6. The number of alkyl halides is 2. The molecule has 7 nitrogen and oxygen atoms in total. The van der Waals surface area contributed by atoms with E-state index in [1.165, 1.54) is 4.72 Å². The Morgan fingerprint density at radius 1 is 1.40 bits per heavy atom. The summed E-state index contributed by atoms with van der Waals surface area (Å²) in [6.45, 7) is -2.44. The van der Waals surface area contributed by atoms with E-state index in [1.54, 1.807) is 0 Å². The van der Waals surface area contributed by atoms with Crippen LogP contribution in [-0.2, 0) is 10.0 Å². The third-order valence-electron chi connectivity index (χ3n) is 2.23. The molecule has 0 atom stereocenters. The second kappa shape index (κ2) is 5.73. The van der Waals surface area contributed by atoms with E-state index in [2.05, 4.69) is 0 Å². The number of nitro groups is 1. The molecule has 0 aromatic heterocycles. The minimum Gasteiger partial charge on any atom is -0.325 e. The van der Waals surface area contributed by atoms with Crippen molar-refractivity contribution in [3.05, 3.63) is 34.1 Å². The fraction of sp³-hybridized carbons (Fsp3) is 0.333. The predicted octanol–water partition coefficient (Wildman–Crippen LogP) is 0.606. The first-order valence-electron chi connectivity index (χ1n) is 5.10. The van der Waals surface area contributed by atoms with Gasteiger partial charge >= 0.3 is 0 Å². The molecule has 1 rings (SSSR count). The summed E-state index contributed by atoms with van der Waals surface area (Å²) in [7, 11) is -4.66. The van der Waals surface area contributed by atoms with Crippen molar-refractivity contribution in [2.45, 2.75) is 10.8 Å². The minimum atomic E-state index is -4.66. The fourth-order valence-electron chi connectivity index (χ4n) is 1.16. The van der Waals surface area contributed by atoms with E-state index in [-0.39, 0.29) is 0 Å². The standard InChI is InChI=1S/C9H10F3N3O4S/c10-7-2-1-6(15(16)17)3-8(7)20(18,19)14-5-9(11,12)4-13/h1-3,14H,4-5,13H2. The first kappa shape index (κ1) is 16.3. The topological polar surface area (TPSA) is 115 Å². The molecule has 0 fully saturated rings. The Balaban J connectivity index is 3.09. The molecule has 0 unspecified atom stereocenters. The maximum absolute atomic E-state index is 13.4. The van der Waals surface area contributed by atoms with Gasteiger partial charge in [-0.2, -0.15) is 0 Å². The Morgan fingerprint density at radius 2 is 2.00 bits per heavy atom. The molecule has 0 saturated carbocycles. The van der Waals surface area contributed by atoms with Crippen LogP contribution in [0.15, 0.2) is 23.1 Å². The van der Waals surface area contributed by atoms with Gasteiger partial charge in [0.25, 0.3) is 11.6 Å². The average molecular weight is 313 g/mol. The van der Waals surface area contributed by atoms with Gasteiger partial charge in [-0.25, -0.2) is 26.3 Å². The zero-order valence-electron chi connectivity index (χ0n) is 9.85. The molecule has 3 N–H and O–H groups in total. The number of benzene rings is 1. The van der Waals surface area contributed by atoms with Crippen molar-refractivity contribution in [3.8, 4) is 0 Å².